The first kappa shape index (κ1) is 14.0. The second-order valence-corrected chi connectivity index (χ2v) is 6.87. The Kier molecular flexibility index (Phi) is 4.17. The fourth-order valence-corrected chi connectivity index (χ4v) is 3.66. The van der Waals surface area contributed by atoms with Crippen molar-refractivity contribution < 1.29 is 8.42 Å². The summed E-state index contributed by atoms with van der Waals surface area (Å²) in [6.45, 7) is 3.27. The molecule has 2 rings (SSSR count). The third-order valence-corrected chi connectivity index (χ3v) is 5.35. The molecule has 1 aromatic heterocycles. The summed E-state index contributed by atoms with van der Waals surface area (Å²) < 4.78 is 26.4. The second-order valence-electron chi connectivity index (χ2n) is 4.93. The van der Waals surface area contributed by atoms with Crippen molar-refractivity contribution in [1.82, 2.24) is 9.29 Å². The molecule has 0 amide bonds. The van der Waals surface area contributed by atoms with Crippen LogP contribution in [0.3, 0.4) is 0 Å². The number of hydrogen-bond donors (Lipinski definition) is 0. The minimum atomic E-state index is -3.47. The van der Waals surface area contributed by atoms with Gasteiger partial charge in [-0.3, -0.25) is 0 Å². The Morgan fingerprint density at radius 2 is 2.16 bits per heavy atom. The summed E-state index contributed by atoms with van der Waals surface area (Å²) in [7, 11) is -3.47. The van der Waals surface area contributed by atoms with Crippen LogP contribution in [0.2, 0.25) is 0 Å². The van der Waals surface area contributed by atoms with Crippen LogP contribution in [0.5, 0.6) is 0 Å². The minimum absolute atomic E-state index is 0.168. The zero-order valence-electron chi connectivity index (χ0n) is 10.9. The van der Waals surface area contributed by atoms with Crippen molar-refractivity contribution in [2.45, 2.75) is 31.1 Å². The van der Waals surface area contributed by atoms with E-state index in [9.17, 15) is 8.42 Å². The zero-order chi connectivity index (χ0) is 13.9. The van der Waals surface area contributed by atoms with E-state index in [4.69, 9.17) is 5.26 Å². The fraction of sp³-hybridized carbons (Fsp3) is 0.538. The first-order chi connectivity index (χ1) is 9.04. The van der Waals surface area contributed by atoms with Crippen molar-refractivity contribution in [3.05, 3.63) is 24.0 Å². The number of aromatic nitrogens is 1. The van der Waals surface area contributed by atoms with Gasteiger partial charge in [-0.05, 0) is 37.3 Å². The Morgan fingerprint density at radius 3 is 2.79 bits per heavy atom. The molecule has 1 saturated heterocycles. The highest BCUT2D eigenvalue weighted by atomic mass is 32.2. The van der Waals surface area contributed by atoms with Gasteiger partial charge in [0.05, 0.1) is 0 Å². The van der Waals surface area contributed by atoms with Crippen LogP contribution >= 0.6 is 0 Å². The molecule has 6 heteroatoms. The lowest BCUT2D eigenvalue weighted by molar-refractivity contribution is 0.416. The molecule has 2 heterocycles. The van der Waals surface area contributed by atoms with Gasteiger partial charge < -0.3 is 0 Å². The van der Waals surface area contributed by atoms with Crippen LogP contribution in [0.4, 0.5) is 0 Å². The van der Waals surface area contributed by atoms with Crippen LogP contribution in [0, 0.1) is 17.2 Å². The van der Waals surface area contributed by atoms with Crippen LogP contribution in [0.25, 0.3) is 0 Å². The smallest absolute Gasteiger partial charge is 0.244 e. The average molecular weight is 279 g/mol. The summed E-state index contributed by atoms with van der Waals surface area (Å²) in [5.74, 6) is 0.569. The Morgan fingerprint density at radius 1 is 1.37 bits per heavy atom. The summed E-state index contributed by atoms with van der Waals surface area (Å²) in [6, 6.07) is 4.77. The van der Waals surface area contributed by atoms with Crippen molar-refractivity contribution in [2.75, 3.05) is 13.1 Å². The number of pyridine rings is 1. The predicted molar refractivity (Wildman–Crippen MR) is 70.7 cm³/mol. The number of hydrogen-bond acceptors (Lipinski definition) is 4. The monoisotopic (exact) mass is 279 g/mol. The average Bonchev–Trinajstić information content (AvgIpc) is 2.64. The highest BCUT2D eigenvalue weighted by Crippen LogP contribution is 2.22. The van der Waals surface area contributed by atoms with Crippen molar-refractivity contribution in [3.8, 4) is 6.07 Å². The number of nitriles is 1. The number of nitrogens with zero attached hydrogens (tertiary/aromatic N) is 3. The molecule has 19 heavy (non-hydrogen) atoms. The number of rotatable bonds is 2. The van der Waals surface area contributed by atoms with Crippen LogP contribution in [0.1, 0.15) is 31.9 Å². The van der Waals surface area contributed by atoms with E-state index in [-0.39, 0.29) is 10.6 Å². The van der Waals surface area contributed by atoms with E-state index in [0.717, 1.165) is 19.3 Å². The molecule has 1 aliphatic rings. The summed E-state index contributed by atoms with van der Waals surface area (Å²) in [5.41, 5.74) is 0.225. The first-order valence-corrected chi connectivity index (χ1v) is 7.84. The van der Waals surface area contributed by atoms with Crippen LogP contribution in [-0.4, -0.2) is 30.8 Å². The summed E-state index contributed by atoms with van der Waals surface area (Å²) >= 11 is 0. The quantitative estimate of drug-likeness (QED) is 0.827. The van der Waals surface area contributed by atoms with E-state index in [0.29, 0.717) is 19.0 Å². The molecule has 0 radical (unpaired) electrons. The predicted octanol–water partition coefficient (Wildman–Crippen LogP) is 1.76. The summed E-state index contributed by atoms with van der Waals surface area (Å²) in [5, 5.41) is 8.67. The Hall–Kier alpha value is -1.45. The standard InChI is InChI=1S/C13H17N3O2S/c1-11-3-2-7-16(8-6-11)19(17,18)13-5-4-12(9-14)15-10-13/h4-5,10-11H,2-3,6-8H2,1H3. The van der Waals surface area contributed by atoms with Crippen LogP contribution < -0.4 is 0 Å². The molecule has 1 aliphatic heterocycles. The Labute approximate surface area is 113 Å². The third kappa shape index (κ3) is 3.11. The molecule has 1 atom stereocenters. The molecular formula is C13H17N3O2S. The first-order valence-electron chi connectivity index (χ1n) is 6.40. The van der Waals surface area contributed by atoms with Gasteiger partial charge in [-0.2, -0.15) is 9.57 Å². The van der Waals surface area contributed by atoms with Gasteiger partial charge in [0.15, 0.2) is 0 Å². The van der Waals surface area contributed by atoms with Crippen LogP contribution in [-0.2, 0) is 10.0 Å². The highest BCUT2D eigenvalue weighted by molar-refractivity contribution is 7.89. The normalized spacial score (nSPS) is 21.6. The van der Waals surface area contributed by atoms with Crippen molar-refractivity contribution in [1.29, 1.82) is 5.26 Å². The van der Waals surface area contributed by atoms with Gasteiger partial charge in [-0.1, -0.05) is 6.92 Å². The van der Waals surface area contributed by atoms with E-state index >= 15 is 0 Å². The van der Waals surface area contributed by atoms with Crippen molar-refractivity contribution >= 4 is 10.0 Å². The fourth-order valence-electron chi connectivity index (χ4n) is 2.23. The van der Waals surface area contributed by atoms with Gasteiger partial charge in [-0.25, -0.2) is 13.4 Å². The zero-order valence-corrected chi connectivity index (χ0v) is 11.7. The van der Waals surface area contributed by atoms with Crippen molar-refractivity contribution in [3.63, 3.8) is 0 Å². The molecule has 0 aliphatic carbocycles. The van der Waals surface area contributed by atoms with Gasteiger partial charge in [0.1, 0.15) is 16.7 Å². The number of sulfonamides is 1. The Bertz CT molecular complexity index is 575. The second kappa shape index (κ2) is 5.68. The molecule has 5 nitrogen and oxygen atoms in total. The minimum Gasteiger partial charge on any atom is -0.244 e. The van der Waals surface area contributed by atoms with Gasteiger partial charge in [0.2, 0.25) is 10.0 Å². The molecule has 1 aromatic rings. The molecule has 0 N–H and O–H groups in total. The largest absolute Gasteiger partial charge is 0.244 e. The molecule has 0 spiro atoms. The molecule has 1 unspecified atom stereocenters. The summed E-state index contributed by atoms with van der Waals surface area (Å²) in [4.78, 5) is 4.00. The SMILES string of the molecule is CC1CCCN(S(=O)(=O)c2ccc(C#N)nc2)CC1. The maximum atomic E-state index is 12.4. The third-order valence-electron chi connectivity index (χ3n) is 3.46. The van der Waals surface area contributed by atoms with Gasteiger partial charge in [0.25, 0.3) is 0 Å². The van der Waals surface area contributed by atoms with Gasteiger partial charge in [-0.15, -0.1) is 0 Å². The van der Waals surface area contributed by atoms with Gasteiger partial charge >= 0.3 is 0 Å². The Balaban J connectivity index is 2.23. The van der Waals surface area contributed by atoms with Crippen molar-refractivity contribution in [2.24, 2.45) is 5.92 Å². The lowest BCUT2D eigenvalue weighted by Crippen LogP contribution is -2.32. The van der Waals surface area contributed by atoms with E-state index in [1.54, 1.807) is 0 Å². The maximum absolute atomic E-state index is 12.4. The molecular weight excluding hydrogens is 262 g/mol. The topological polar surface area (TPSA) is 74.1 Å². The van der Waals surface area contributed by atoms with E-state index in [2.05, 4.69) is 11.9 Å². The molecule has 0 aromatic carbocycles. The summed E-state index contributed by atoms with van der Waals surface area (Å²) in [6.07, 6.45) is 4.12. The lowest BCUT2D eigenvalue weighted by Gasteiger charge is -2.19. The molecule has 0 saturated carbocycles. The van der Waals surface area contributed by atoms with E-state index < -0.39 is 10.0 Å². The van der Waals surface area contributed by atoms with Crippen LogP contribution in [0.15, 0.2) is 23.2 Å². The highest BCUT2D eigenvalue weighted by Gasteiger charge is 2.26. The maximum Gasteiger partial charge on any atom is 0.244 e. The molecule has 1 fully saturated rings. The van der Waals surface area contributed by atoms with E-state index in [1.165, 1.54) is 22.6 Å². The molecule has 0 bridgehead atoms. The van der Waals surface area contributed by atoms with E-state index in [1.807, 2.05) is 6.07 Å². The molecule has 102 valence electrons. The van der Waals surface area contributed by atoms with Gasteiger partial charge in [0, 0.05) is 19.3 Å². The lowest BCUT2D eigenvalue weighted by atomic mass is 10.0.